The van der Waals surface area contributed by atoms with E-state index < -0.39 is 5.97 Å². The quantitative estimate of drug-likeness (QED) is 0.282. The highest BCUT2D eigenvalue weighted by Gasteiger charge is 2.22. The predicted molar refractivity (Wildman–Crippen MR) is 124 cm³/mol. The molecule has 3 rings (SSSR count). The molecule has 0 aliphatic heterocycles. The minimum atomic E-state index is -0.463. The first-order chi connectivity index (χ1) is 14.0. The Morgan fingerprint density at radius 3 is 2.48 bits per heavy atom. The highest BCUT2D eigenvalue weighted by atomic mass is 79.9. The number of carbonyl (C=O) groups excluding carboxylic acids is 2. The zero-order chi connectivity index (χ0) is 20.8. The SMILES string of the molecule is CCOC(=O)c1c(-c2ccc(Cl)cc2)csc1NC(=O)CSc1ccc(Br)cc1. The van der Waals surface area contributed by atoms with E-state index in [1.54, 1.807) is 19.1 Å². The Morgan fingerprint density at radius 1 is 1.14 bits per heavy atom. The van der Waals surface area contributed by atoms with Crippen LogP contribution in [-0.2, 0) is 9.53 Å². The van der Waals surface area contributed by atoms with E-state index in [0.717, 1.165) is 14.9 Å². The standard InChI is InChI=1S/C21H17BrClNO3S2/c1-2-27-21(26)19-17(13-3-7-15(23)8-4-13)11-29-20(19)24-18(25)12-28-16-9-5-14(22)6-10-16/h3-11H,2,12H2,1H3,(H,24,25). The first-order valence-electron chi connectivity index (χ1n) is 8.70. The Balaban J connectivity index is 1.78. The number of anilines is 1. The topological polar surface area (TPSA) is 55.4 Å². The van der Waals surface area contributed by atoms with Crippen molar-refractivity contribution in [1.29, 1.82) is 0 Å². The molecule has 150 valence electrons. The molecule has 0 unspecified atom stereocenters. The molecule has 29 heavy (non-hydrogen) atoms. The van der Waals surface area contributed by atoms with Crippen molar-refractivity contribution in [1.82, 2.24) is 0 Å². The molecule has 0 fully saturated rings. The fraction of sp³-hybridized carbons (Fsp3) is 0.143. The highest BCUT2D eigenvalue weighted by molar-refractivity contribution is 9.10. The summed E-state index contributed by atoms with van der Waals surface area (Å²) in [6.45, 7) is 2.00. The monoisotopic (exact) mass is 509 g/mol. The number of esters is 1. The average Bonchev–Trinajstić information content (AvgIpc) is 3.12. The number of halogens is 2. The fourth-order valence-electron chi connectivity index (χ4n) is 2.54. The number of thiophene rings is 1. The van der Waals surface area contributed by atoms with Gasteiger partial charge in [-0.05, 0) is 48.9 Å². The molecule has 1 heterocycles. The van der Waals surface area contributed by atoms with Crippen LogP contribution >= 0.6 is 50.6 Å². The third-order valence-corrected chi connectivity index (χ3v) is 6.55. The molecule has 0 aliphatic carbocycles. The molecule has 2 aromatic carbocycles. The van der Waals surface area contributed by atoms with Gasteiger partial charge in [0.25, 0.3) is 0 Å². The number of hydrogen-bond acceptors (Lipinski definition) is 5. The second-order valence-corrected chi connectivity index (χ2v) is 9.15. The number of benzene rings is 2. The third kappa shape index (κ3) is 5.85. The Morgan fingerprint density at radius 2 is 1.83 bits per heavy atom. The van der Waals surface area contributed by atoms with Gasteiger partial charge in [-0.15, -0.1) is 23.1 Å². The lowest BCUT2D eigenvalue weighted by Crippen LogP contribution is -2.16. The second kappa shape index (κ2) is 10.3. The number of nitrogens with one attached hydrogen (secondary N) is 1. The number of rotatable bonds is 7. The summed E-state index contributed by atoms with van der Waals surface area (Å²) in [5.74, 6) is -0.416. The molecule has 0 bridgehead atoms. The van der Waals surface area contributed by atoms with Gasteiger partial charge in [-0.2, -0.15) is 0 Å². The van der Waals surface area contributed by atoms with Crippen molar-refractivity contribution in [3.63, 3.8) is 0 Å². The highest BCUT2D eigenvalue weighted by Crippen LogP contribution is 2.37. The molecular weight excluding hydrogens is 494 g/mol. The molecule has 1 aromatic heterocycles. The molecule has 0 radical (unpaired) electrons. The van der Waals surface area contributed by atoms with Crippen molar-refractivity contribution >= 4 is 67.5 Å². The summed E-state index contributed by atoms with van der Waals surface area (Å²) in [7, 11) is 0. The fourth-order valence-corrected chi connectivity index (χ4v) is 4.60. The maximum Gasteiger partial charge on any atom is 0.341 e. The van der Waals surface area contributed by atoms with Crippen LogP contribution in [-0.4, -0.2) is 24.2 Å². The van der Waals surface area contributed by atoms with E-state index in [9.17, 15) is 9.59 Å². The third-order valence-electron chi connectivity index (χ3n) is 3.86. The maximum absolute atomic E-state index is 12.6. The lowest BCUT2D eigenvalue weighted by Gasteiger charge is -2.09. The van der Waals surface area contributed by atoms with E-state index in [2.05, 4.69) is 21.2 Å². The van der Waals surface area contributed by atoms with Crippen LogP contribution in [0.3, 0.4) is 0 Å². The summed E-state index contributed by atoms with van der Waals surface area (Å²) >= 11 is 12.1. The van der Waals surface area contributed by atoms with Crippen molar-refractivity contribution in [2.75, 3.05) is 17.7 Å². The predicted octanol–water partition coefficient (Wildman–Crippen LogP) is 6.74. The van der Waals surface area contributed by atoms with Crippen molar-refractivity contribution in [3.05, 3.63) is 69.0 Å². The average molecular weight is 511 g/mol. The first kappa shape index (κ1) is 21.9. The second-order valence-electron chi connectivity index (χ2n) is 5.87. The lowest BCUT2D eigenvalue weighted by molar-refractivity contribution is -0.113. The molecule has 0 saturated heterocycles. The van der Waals surface area contributed by atoms with Gasteiger partial charge in [-0.25, -0.2) is 4.79 Å². The van der Waals surface area contributed by atoms with Crippen LogP contribution in [0.15, 0.2) is 63.3 Å². The normalized spacial score (nSPS) is 10.6. The summed E-state index contributed by atoms with van der Waals surface area (Å²) in [6.07, 6.45) is 0. The van der Waals surface area contributed by atoms with Crippen LogP contribution in [0.2, 0.25) is 5.02 Å². The smallest absolute Gasteiger partial charge is 0.341 e. The van der Waals surface area contributed by atoms with E-state index in [1.165, 1.54) is 23.1 Å². The van der Waals surface area contributed by atoms with Crippen molar-refractivity contribution in [2.24, 2.45) is 0 Å². The first-order valence-corrected chi connectivity index (χ1v) is 11.7. The zero-order valence-electron chi connectivity index (χ0n) is 15.4. The summed E-state index contributed by atoms with van der Waals surface area (Å²) in [4.78, 5) is 26.0. The number of hydrogen-bond donors (Lipinski definition) is 1. The maximum atomic E-state index is 12.6. The van der Waals surface area contributed by atoms with Crippen LogP contribution in [0.25, 0.3) is 11.1 Å². The van der Waals surface area contributed by atoms with Crippen molar-refractivity contribution in [2.45, 2.75) is 11.8 Å². The van der Waals surface area contributed by atoms with Gasteiger partial charge in [0.2, 0.25) is 5.91 Å². The van der Waals surface area contributed by atoms with Crippen LogP contribution in [0, 0.1) is 0 Å². The van der Waals surface area contributed by atoms with E-state index in [1.807, 2.05) is 41.8 Å². The van der Waals surface area contributed by atoms with Gasteiger partial charge in [0.1, 0.15) is 10.6 Å². The molecule has 0 spiro atoms. The van der Waals surface area contributed by atoms with Gasteiger partial charge in [-0.1, -0.05) is 39.7 Å². The van der Waals surface area contributed by atoms with E-state index in [-0.39, 0.29) is 18.3 Å². The molecule has 8 heteroatoms. The summed E-state index contributed by atoms with van der Waals surface area (Å²) in [5, 5.41) is 5.79. The van der Waals surface area contributed by atoms with E-state index in [4.69, 9.17) is 16.3 Å². The number of thioether (sulfide) groups is 1. The van der Waals surface area contributed by atoms with Gasteiger partial charge in [0.05, 0.1) is 12.4 Å². The Kier molecular flexibility index (Phi) is 7.77. The Labute approximate surface area is 190 Å². The Bertz CT molecular complexity index is 1000. The van der Waals surface area contributed by atoms with Gasteiger partial charge < -0.3 is 10.1 Å². The molecular formula is C21H17BrClNO3S2. The number of ether oxygens (including phenoxy) is 1. The zero-order valence-corrected chi connectivity index (χ0v) is 19.4. The van der Waals surface area contributed by atoms with Crippen LogP contribution in [0.5, 0.6) is 0 Å². The van der Waals surface area contributed by atoms with Gasteiger partial charge >= 0.3 is 5.97 Å². The van der Waals surface area contributed by atoms with Crippen LogP contribution < -0.4 is 5.32 Å². The summed E-state index contributed by atoms with van der Waals surface area (Å²) in [5.41, 5.74) is 1.90. The molecule has 4 nitrogen and oxygen atoms in total. The van der Waals surface area contributed by atoms with E-state index in [0.29, 0.717) is 21.2 Å². The van der Waals surface area contributed by atoms with Crippen molar-refractivity contribution < 1.29 is 14.3 Å². The molecule has 1 amide bonds. The minimum absolute atomic E-state index is 0.187. The summed E-state index contributed by atoms with van der Waals surface area (Å²) < 4.78 is 6.20. The minimum Gasteiger partial charge on any atom is -0.462 e. The number of amides is 1. The van der Waals surface area contributed by atoms with Gasteiger partial charge in [0, 0.05) is 25.3 Å². The lowest BCUT2D eigenvalue weighted by atomic mass is 10.0. The van der Waals surface area contributed by atoms with Crippen LogP contribution in [0.4, 0.5) is 5.00 Å². The molecule has 0 saturated carbocycles. The van der Waals surface area contributed by atoms with Crippen molar-refractivity contribution in [3.8, 4) is 11.1 Å². The summed E-state index contributed by atoms with van der Waals surface area (Å²) in [6, 6.07) is 14.9. The van der Waals surface area contributed by atoms with Crippen LogP contribution in [0.1, 0.15) is 17.3 Å². The molecule has 1 N–H and O–H groups in total. The molecule has 0 atom stereocenters. The van der Waals surface area contributed by atoms with E-state index >= 15 is 0 Å². The molecule has 3 aromatic rings. The van der Waals surface area contributed by atoms with Gasteiger partial charge in [0.15, 0.2) is 0 Å². The van der Waals surface area contributed by atoms with Gasteiger partial charge in [-0.3, -0.25) is 4.79 Å². The Hall–Kier alpha value is -1.80. The molecule has 0 aliphatic rings. The number of carbonyl (C=O) groups is 2. The largest absolute Gasteiger partial charge is 0.462 e.